The minimum atomic E-state index is 0.118. The summed E-state index contributed by atoms with van der Waals surface area (Å²) in [5.74, 6) is 1.96. The zero-order valence-corrected chi connectivity index (χ0v) is 16.9. The molecule has 2 unspecified atom stereocenters. The molecule has 2 aliphatic rings. The summed E-state index contributed by atoms with van der Waals surface area (Å²) in [7, 11) is 1.70. The first-order valence-electron chi connectivity index (χ1n) is 10.1. The molecule has 1 N–H and O–H groups in total. The average Bonchev–Trinajstić information content (AvgIpc) is 3.15. The molecule has 5 nitrogen and oxygen atoms in total. The van der Waals surface area contributed by atoms with Crippen molar-refractivity contribution in [3.05, 3.63) is 59.2 Å². The summed E-state index contributed by atoms with van der Waals surface area (Å²) < 4.78 is 12.0. The molecule has 2 aliphatic heterocycles. The largest absolute Gasteiger partial charge is 0.493 e. The molecule has 2 heterocycles. The van der Waals surface area contributed by atoms with Crippen molar-refractivity contribution in [2.75, 3.05) is 26.7 Å². The summed E-state index contributed by atoms with van der Waals surface area (Å²) in [4.78, 5) is 2.50. The van der Waals surface area contributed by atoms with Crippen LogP contribution in [0.25, 0.3) is 0 Å². The van der Waals surface area contributed by atoms with E-state index in [-0.39, 0.29) is 6.04 Å². The molecular formula is C23H29N3O2. The van der Waals surface area contributed by atoms with E-state index >= 15 is 0 Å². The number of ether oxygens (including phenoxy) is 2. The zero-order chi connectivity index (χ0) is 19.5. The first-order valence-corrected chi connectivity index (χ1v) is 10.1. The lowest BCUT2D eigenvalue weighted by molar-refractivity contribution is 0.233. The highest BCUT2D eigenvalue weighted by molar-refractivity contribution is 5.90. The second-order valence-corrected chi connectivity index (χ2v) is 7.62. The van der Waals surface area contributed by atoms with E-state index in [9.17, 15) is 0 Å². The zero-order valence-electron chi connectivity index (χ0n) is 16.9. The lowest BCUT2D eigenvalue weighted by Gasteiger charge is -2.33. The molecule has 2 aromatic carbocycles. The normalized spacial score (nSPS) is 21.6. The molecule has 1 fully saturated rings. The Morgan fingerprint density at radius 3 is 2.86 bits per heavy atom. The van der Waals surface area contributed by atoms with Crippen LogP contribution < -0.4 is 14.9 Å². The monoisotopic (exact) mass is 379 g/mol. The van der Waals surface area contributed by atoms with E-state index in [4.69, 9.17) is 9.47 Å². The molecule has 0 aromatic heterocycles. The second-order valence-electron chi connectivity index (χ2n) is 7.62. The molecule has 28 heavy (non-hydrogen) atoms. The maximum Gasteiger partial charge on any atom is 0.167 e. The first kappa shape index (κ1) is 18.8. The van der Waals surface area contributed by atoms with Crippen LogP contribution in [0.2, 0.25) is 0 Å². The Morgan fingerprint density at radius 1 is 1.21 bits per heavy atom. The summed E-state index contributed by atoms with van der Waals surface area (Å²) >= 11 is 0. The molecule has 1 saturated heterocycles. The fourth-order valence-corrected chi connectivity index (χ4v) is 4.24. The predicted octanol–water partition coefficient (Wildman–Crippen LogP) is 3.92. The van der Waals surface area contributed by atoms with Crippen LogP contribution in [0, 0.1) is 12.8 Å². The van der Waals surface area contributed by atoms with Crippen LogP contribution in [0.1, 0.15) is 36.1 Å². The van der Waals surface area contributed by atoms with Gasteiger partial charge in [-0.2, -0.15) is 5.10 Å². The molecule has 0 radical (unpaired) electrons. The van der Waals surface area contributed by atoms with Crippen LogP contribution in [0.4, 0.5) is 0 Å². The second kappa shape index (κ2) is 8.23. The van der Waals surface area contributed by atoms with Crippen molar-refractivity contribution in [2.45, 2.75) is 32.9 Å². The standard InChI is InChI=1S/C23H29N3O2/c1-4-26-12-11-20-19(14-26)22(25-24-20)18-9-6-10-21(27-3)23(18)28-15-17-8-5-7-16(2)13-17/h5-10,13,19,22,25H,4,11-12,14-15H2,1-3H3. The Bertz CT molecular complexity index is 865. The van der Waals surface area contributed by atoms with Gasteiger partial charge in [0.05, 0.1) is 13.2 Å². The average molecular weight is 380 g/mol. The van der Waals surface area contributed by atoms with Crippen molar-refractivity contribution in [2.24, 2.45) is 11.0 Å². The molecule has 0 spiro atoms. The van der Waals surface area contributed by atoms with Crippen molar-refractivity contribution >= 4 is 5.71 Å². The minimum Gasteiger partial charge on any atom is -0.493 e. The van der Waals surface area contributed by atoms with E-state index in [1.165, 1.54) is 11.3 Å². The number of hydrazone groups is 1. The van der Waals surface area contributed by atoms with Crippen molar-refractivity contribution in [3.63, 3.8) is 0 Å². The van der Waals surface area contributed by atoms with Crippen LogP contribution >= 0.6 is 0 Å². The van der Waals surface area contributed by atoms with E-state index in [0.717, 1.165) is 48.7 Å². The number of piperidine rings is 1. The Hall–Kier alpha value is -2.53. The van der Waals surface area contributed by atoms with Crippen molar-refractivity contribution in [1.82, 2.24) is 10.3 Å². The third-order valence-electron chi connectivity index (χ3n) is 5.79. The first-order chi connectivity index (χ1) is 13.7. The van der Waals surface area contributed by atoms with Crippen LogP contribution in [0.15, 0.2) is 47.6 Å². The Balaban J connectivity index is 1.60. The lowest BCUT2D eigenvalue weighted by Crippen LogP contribution is -2.41. The van der Waals surface area contributed by atoms with Gasteiger partial charge in [0, 0.05) is 36.7 Å². The number of hydrogen-bond donors (Lipinski definition) is 1. The highest BCUT2D eigenvalue weighted by Crippen LogP contribution is 2.41. The number of rotatable bonds is 6. The van der Waals surface area contributed by atoms with Gasteiger partial charge in [0.2, 0.25) is 0 Å². The third kappa shape index (κ3) is 3.72. The Labute approximate surface area is 167 Å². The molecule has 0 saturated carbocycles. The van der Waals surface area contributed by atoms with Gasteiger partial charge in [0.1, 0.15) is 6.61 Å². The number of hydrogen-bond acceptors (Lipinski definition) is 5. The van der Waals surface area contributed by atoms with Crippen molar-refractivity contribution < 1.29 is 9.47 Å². The highest BCUT2D eigenvalue weighted by atomic mass is 16.5. The number of para-hydroxylation sites is 1. The molecule has 0 amide bonds. The number of nitrogens with one attached hydrogen (secondary N) is 1. The minimum absolute atomic E-state index is 0.118. The van der Waals surface area contributed by atoms with Gasteiger partial charge in [-0.3, -0.25) is 0 Å². The van der Waals surface area contributed by atoms with E-state index in [2.05, 4.69) is 59.6 Å². The quantitative estimate of drug-likeness (QED) is 0.826. The Morgan fingerprint density at radius 2 is 2.07 bits per heavy atom. The maximum absolute atomic E-state index is 6.32. The summed E-state index contributed by atoms with van der Waals surface area (Å²) in [6.07, 6.45) is 1.03. The smallest absolute Gasteiger partial charge is 0.167 e. The number of methoxy groups -OCH3 is 1. The van der Waals surface area contributed by atoms with E-state index < -0.39 is 0 Å². The van der Waals surface area contributed by atoms with Crippen LogP contribution in [0.5, 0.6) is 11.5 Å². The summed E-state index contributed by atoms with van der Waals surface area (Å²) in [5, 5.41) is 4.65. The van der Waals surface area contributed by atoms with Crippen LogP contribution in [-0.4, -0.2) is 37.4 Å². The number of nitrogens with zero attached hydrogens (tertiary/aromatic N) is 2. The Kier molecular flexibility index (Phi) is 5.53. The fraction of sp³-hybridized carbons (Fsp3) is 0.435. The topological polar surface area (TPSA) is 46.1 Å². The van der Waals surface area contributed by atoms with Gasteiger partial charge in [-0.05, 0) is 25.1 Å². The van der Waals surface area contributed by atoms with E-state index in [1.807, 2.05) is 12.1 Å². The van der Waals surface area contributed by atoms with Crippen LogP contribution in [-0.2, 0) is 6.61 Å². The molecule has 4 rings (SSSR count). The molecule has 148 valence electrons. The van der Waals surface area contributed by atoms with Crippen LogP contribution in [0.3, 0.4) is 0 Å². The van der Waals surface area contributed by atoms with Gasteiger partial charge in [-0.15, -0.1) is 0 Å². The molecule has 2 aromatic rings. The maximum atomic E-state index is 6.32. The molecule has 0 aliphatic carbocycles. The van der Waals surface area contributed by atoms with E-state index in [0.29, 0.717) is 12.5 Å². The third-order valence-corrected chi connectivity index (χ3v) is 5.79. The summed E-state index contributed by atoms with van der Waals surface area (Å²) in [6.45, 7) is 8.03. The summed E-state index contributed by atoms with van der Waals surface area (Å²) in [5.41, 5.74) is 8.17. The highest BCUT2D eigenvalue weighted by Gasteiger charge is 2.38. The molecule has 5 heteroatoms. The van der Waals surface area contributed by atoms with Gasteiger partial charge in [-0.1, -0.05) is 48.9 Å². The van der Waals surface area contributed by atoms with Gasteiger partial charge < -0.3 is 19.8 Å². The van der Waals surface area contributed by atoms with Crippen molar-refractivity contribution in [1.29, 1.82) is 0 Å². The lowest BCUT2D eigenvalue weighted by atomic mass is 9.86. The number of aryl methyl sites for hydroxylation is 1. The summed E-state index contributed by atoms with van der Waals surface area (Å²) in [6, 6.07) is 14.7. The number of fused-ring (bicyclic) bond motifs is 1. The van der Waals surface area contributed by atoms with Gasteiger partial charge in [0.15, 0.2) is 11.5 Å². The van der Waals surface area contributed by atoms with Gasteiger partial charge in [-0.25, -0.2) is 0 Å². The molecule has 0 bridgehead atoms. The molecular weight excluding hydrogens is 350 g/mol. The fourth-order valence-electron chi connectivity index (χ4n) is 4.24. The predicted molar refractivity (Wildman–Crippen MR) is 112 cm³/mol. The molecule has 2 atom stereocenters. The number of benzene rings is 2. The van der Waals surface area contributed by atoms with Gasteiger partial charge in [0.25, 0.3) is 0 Å². The number of likely N-dealkylation sites (tertiary alicyclic amines) is 1. The SMILES string of the molecule is CCN1CCC2=NNC(c3cccc(OC)c3OCc3cccc(C)c3)C2C1. The van der Waals surface area contributed by atoms with Gasteiger partial charge >= 0.3 is 0 Å². The van der Waals surface area contributed by atoms with E-state index in [1.54, 1.807) is 7.11 Å². The van der Waals surface area contributed by atoms with Crippen molar-refractivity contribution in [3.8, 4) is 11.5 Å².